The Morgan fingerprint density at radius 1 is 1.07 bits per heavy atom. The molecule has 0 radical (unpaired) electrons. The van der Waals surface area contributed by atoms with Crippen molar-refractivity contribution >= 4 is 17.6 Å². The van der Waals surface area contributed by atoms with Crippen LogP contribution in [0.4, 0.5) is 18.9 Å². The molecule has 0 heterocycles. The predicted molar refractivity (Wildman–Crippen MR) is 95.2 cm³/mol. The van der Waals surface area contributed by atoms with Crippen LogP contribution in [0.3, 0.4) is 0 Å². The molecule has 0 aliphatic rings. The van der Waals surface area contributed by atoms with Crippen molar-refractivity contribution in [1.82, 2.24) is 0 Å². The van der Waals surface area contributed by atoms with Gasteiger partial charge in [0.2, 0.25) is 0 Å². The maximum Gasteiger partial charge on any atom is 0.416 e. The van der Waals surface area contributed by atoms with E-state index in [1.54, 1.807) is 12.1 Å². The van der Waals surface area contributed by atoms with Gasteiger partial charge in [-0.3, -0.25) is 9.59 Å². The number of aryl methyl sites for hydroxylation is 1. The van der Waals surface area contributed by atoms with Gasteiger partial charge in [0.25, 0.3) is 5.91 Å². The van der Waals surface area contributed by atoms with E-state index in [4.69, 9.17) is 4.74 Å². The summed E-state index contributed by atoms with van der Waals surface area (Å²) in [6, 6.07) is 11.7. The summed E-state index contributed by atoms with van der Waals surface area (Å²) in [5.74, 6) is -1.30. The molecule has 0 saturated heterocycles. The number of hydrogen-bond donors (Lipinski definition) is 1. The highest BCUT2D eigenvalue weighted by molar-refractivity contribution is 5.95. The summed E-state index contributed by atoms with van der Waals surface area (Å²) in [6.07, 6.45) is -5.04. The zero-order chi connectivity index (χ0) is 20.0. The van der Waals surface area contributed by atoms with Crippen molar-refractivity contribution in [2.75, 3.05) is 5.32 Å². The van der Waals surface area contributed by atoms with Gasteiger partial charge in [0.05, 0.1) is 12.0 Å². The monoisotopic (exact) mass is 379 g/mol. The Kier molecular flexibility index (Phi) is 6.60. The fraction of sp³-hybridized carbons (Fsp3) is 0.300. The summed E-state index contributed by atoms with van der Waals surface area (Å²) in [5, 5.41) is 2.63. The van der Waals surface area contributed by atoms with Crippen LogP contribution in [0.1, 0.15) is 30.5 Å². The van der Waals surface area contributed by atoms with Crippen molar-refractivity contribution < 1.29 is 27.5 Å². The minimum Gasteiger partial charge on any atom is -0.452 e. The number of nitrogens with one attached hydrogen (secondary N) is 1. The topological polar surface area (TPSA) is 55.4 Å². The molecule has 0 aliphatic carbocycles. The first kappa shape index (κ1) is 20.5. The van der Waals surface area contributed by atoms with Crippen molar-refractivity contribution in [2.45, 2.75) is 39.0 Å². The maximum absolute atomic E-state index is 12.7. The van der Waals surface area contributed by atoms with Crippen molar-refractivity contribution in [2.24, 2.45) is 0 Å². The number of rotatable bonds is 6. The van der Waals surface area contributed by atoms with E-state index in [0.29, 0.717) is 5.69 Å². The van der Waals surface area contributed by atoms with Crippen LogP contribution in [0.15, 0.2) is 48.5 Å². The Balaban J connectivity index is 1.91. The SMILES string of the molecule is CCc1ccc(NC(=O)[C@@H](C)OC(=O)Cc2cccc(C(F)(F)F)c2)cc1. The first-order valence-corrected chi connectivity index (χ1v) is 8.44. The predicted octanol–water partition coefficient (Wildman–Crippen LogP) is 4.38. The summed E-state index contributed by atoms with van der Waals surface area (Å²) >= 11 is 0. The van der Waals surface area contributed by atoms with Crippen molar-refractivity contribution in [3.05, 3.63) is 65.2 Å². The third kappa shape index (κ3) is 6.13. The molecular formula is C20H20F3NO3. The Morgan fingerprint density at radius 2 is 1.74 bits per heavy atom. The van der Waals surface area contributed by atoms with Gasteiger partial charge < -0.3 is 10.1 Å². The number of ether oxygens (including phenoxy) is 1. The number of alkyl halides is 3. The van der Waals surface area contributed by atoms with E-state index < -0.39 is 29.7 Å². The third-order valence-electron chi connectivity index (χ3n) is 3.91. The molecule has 1 atom stereocenters. The molecule has 0 bridgehead atoms. The fourth-order valence-corrected chi connectivity index (χ4v) is 2.38. The maximum atomic E-state index is 12.7. The standard InChI is InChI=1S/C20H20F3NO3/c1-3-14-7-9-17(10-8-14)24-19(26)13(2)27-18(25)12-15-5-4-6-16(11-15)20(21,22)23/h4-11,13H,3,12H2,1-2H3,(H,24,26)/t13-/m1/s1. The molecular weight excluding hydrogens is 359 g/mol. The number of benzene rings is 2. The summed E-state index contributed by atoms with van der Waals surface area (Å²) in [4.78, 5) is 24.0. The van der Waals surface area contributed by atoms with Crippen LogP contribution < -0.4 is 5.32 Å². The first-order chi connectivity index (χ1) is 12.7. The van der Waals surface area contributed by atoms with E-state index in [1.807, 2.05) is 19.1 Å². The summed E-state index contributed by atoms with van der Waals surface area (Å²) in [7, 11) is 0. The minimum atomic E-state index is -4.49. The average Bonchev–Trinajstić information content (AvgIpc) is 2.61. The van der Waals surface area contributed by atoms with Gasteiger partial charge in [-0.1, -0.05) is 37.3 Å². The zero-order valence-electron chi connectivity index (χ0n) is 15.0. The highest BCUT2D eigenvalue weighted by Gasteiger charge is 2.30. The number of halogens is 3. The molecule has 0 aromatic heterocycles. The number of amides is 1. The molecule has 144 valence electrons. The van der Waals surface area contributed by atoms with Crippen molar-refractivity contribution in [3.63, 3.8) is 0 Å². The van der Waals surface area contributed by atoms with E-state index in [9.17, 15) is 22.8 Å². The first-order valence-electron chi connectivity index (χ1n) is 8.44. The molecule has 1 N–H and O–H groups in total. The van der Waals surface area contributed by atoms with Gasteiger partial charge in [-0.15, -0.1) is 0 Å². The van der Waals surface area contributed by atoms with Gasteiger partial charge in [-0.25, -0.2) is 0 Å². The van der Waals surface area contributed by atoms with Crippen LogP contribution in [0, 0.1) is 0 Å². The lowest BCUT2D eigenvalue weighted by Gasteiger charge is -2.14. The number of hydrogen-bond acceptors (Lipinski definition) is 3. The Morgan fingerprint density at radius 3 is 2.33 bits per heavy atom. The number of carbonyl (C=O) groups is 2. The van der Waals surface area contributed by atoms with Gasteiger partial charge >= 0.3 is 12.1 Å². The van der Waals surface area contributed by atoms with Gasteiger partial charge in [0.1, 0.15) is 0 Å². The van der Waals surface area contributed by atoms with Gasteiger partial charge in [0.15, 0.2) is 6.10 Å². The quantitative estimate of drug-likeness (QED) is 0.758. The normalized spacial score (nSPS) is 12.3. The van der Waals surface area contributed by atoms with Crippen LogP contribution in [0.2, 0.25) is 0 Å². The molecule has 7 heteroatoms. The fourth-order valence-electron chi connectivity index (χ4n) is 2.38. The van der Waals surface area contributed by atoms with Gasteiger partial charge in [-0.2, -0.15) is 13.2 Å². The van der Waals surface area contributed by atoms with Crippen LogP contribution in [0.25, 0.3) is 0 Å². The van der Waals surface area contributed by atoms with Crippen molar-refractivity contribution in [1.29, 1.82) is 0 Å². The second-order valence-electron chi connectivity index (χ2n) is 6.05. The summed E-state index contributed by atoms with van der Waals surface area (Å²) in [6.45, 7) is 3.42. The molecule has 0 unspecified atom stereocenters. The molecule has 2 aromatic carbocycles. The van der Waals surface area contributed by atoms with E-state index in [2.05, 4.69) is 5.32 Å². The molecule has 27 heavy (non-hydrogen) atoms. The second-order valence-corrected chi connectivity index (χ2v) is 6.05. The molecule has 2 rings (SSSR count). The van der Waals surface area contributed by atoms with E-state index in [0.717, 1.165) is 24.1 Å². The number of esters is 1. The Bertz CT molecular complexity index is 801. The molecule has 4 nitrogen and oxygen atoms in total. The van der Waals surface area contributed by atoms with E-state index in [-0.39, 0.29) is 12.0 Å². The lowest BCUT2D eigenvalue weighted by atomic mass is 10.1. The largest absolute Gasteiger partial charge is 0.452 e. The number of carbonyl (C=O) groups excluding carboxylic acids is 2. The summed E-state index contributed by atoms with van der Waals surface area (Å²) < 4.78 is 43.1. The lowest BCUT2D eigenvalue weighted by molar-refractivity contribution is -0.152. The van der Waals surface area contributed by atoms with Gasteiger partial charge in [0, 0.05) is 5.69 Å². The Labute approximate surface area is 155 Å². The van der Waals surface area contributed by atoms with Crippen LogP contribution in [0.5, 0.6) is 0 Å². The molecule has 0 spiro atoms. The highest BCUT2D eigenvalue weighted by atomic mass is 19.4. The van der Waals surface area contributed by atoms with Crippen LogP contribution in [-0.4, -0.2) is 18.0 Å². The third-order valence-corrected chi connectivity index (χ3v) is 3.91. The van der Waals surface area contributed by atoms with Crippen LogP contribution >= 0.6 is 0 Å². The summed E-state index contributed by atoms with van der Waals surface area (Å²) in [5.41, 5.74) is 1.01. The molecule has 0 fully saturated rings. The van der Waals surface area contributed by atoms with E-state index >= 15 is 0 Å². The molecule has 0 saturated carbocycles. The van der Waals surface area contributed by atoms with Crippen molar-refractivity contribution in [3.8, 4) is 0 Å². The smallest absolute Gasteiger partial charge is 0.416 e. The highest BCUT2D eigenvalue weighted by Crippen LogP contribution is 2.29. The minimum absolute atomic E-state index is 0.164. The molecule has 2 aromatic rings. The Hall–Kier alpha value is -2.83. The molecule has 0 aliphatic heterocycles. The number of anilines is 1. The van der Waals surface area contributed by atoms with E-state index in [1.165, 1.54) is 19.1 Å². The zero-order valence-corrected chi connectivity index (χ0v) is 15.0. The molecule has 1 amide bonds. The lowest BCUT2D eigenvalue weighted by Crippen LogP contribution is -2.30. The van der Waals surface area contributed by atoms with Gasteiger partial charge in [-0.05, 0) is 42.7 Å². The second kappa shape index (κ2) is 8.70. The average molecular weight is 379 g/mol. The van der Waals surface area contributed by atoms with Crippen LogP contribution in [-0.2, 0) is 33.3 Å².